The molecule has 0 aliphatic heterocycles. The van der Waals surface area contributed by atoms with Crippen molar-refractivity contribution < 1.29 is 14.4 Å². The van der Waals surface area contributed by atoms with Crippen molar-refractivity contribution in [2.24, 2.45) is 0 Å². The van der Waals surface area contributed by atoms with E-state index in [1.807, 2.05) is 6.92 Å². The second kappa shape index (κ2) is 8.09. The quantitative estimate of drug-likeness (QED) is 0.455. The first-order valence-corrected chi connectivity index (χ1v) is 6.70. The van der Waals surface area contributed by atoms with Crippen molar-refractivity contribution in [3.05, 3.63) is 29.8 Å². The molecule has 0 unspecified atom stereocenters. The molecule has 0 saturated carbocycles. The molecule has 0 spiro atoms. The highest BCUT2D eigenvalue weighted by Crippen LogP contribution is 2.10. The summed E-state index contributed by atoms with van der Waals surface area (Å²) >= 11 is 0. The second-order valence-electron chi connectivity index (χ2n) is 4.56. The molecule has 2 amide bonds. The summed E-state index contributed by atoms with van der Waals surface area (Å²) in [5.41, 5.74) is 1.15. The minimum Gasteiger partial charge on any atom is -0.356 e. The van der Waals surface area contributed by atoms with Gasteiger partial charge in [-0.25, -0.2) is 0 Å². The average Bonchev–Trinajstić information content (AvgIpc) is 2.39. The van der Waals surface area contributed by atoms with Crippen LogP contribution in [0.5, 0.6) is 0 Å². The number of hydrogen-bond acceptors (Lipinski definition) is 3. The predicted molar refractivity (Wildman–Crippen MR) is 77.6 cm³/mol. The maximum Gasteiger partial charge on any atom is 0.233 e. The fourth-order valence-corrected chi connectivity index (χ4v) is 1.61. The molecule has 0 aliphatic carbocycles. The average molecular weight is 276 g/mol. The second-order valence-corrected chi connectivity index (χ2v) is 4.56. The van der Waals surface area contributed by atoms with E-state index in [1.165, 1.54) is 6.92 Å². The standard InChI is InChI=1S/C15H20N2O3/c1-3-4-9-16-14(19)10-15(20)17-13-7-5-12(6-8-13)11(2)18/h5-8H,3-4,9-10H2,1-2H3,(H,16,19)(H,17,20). The molecule has 0 fully saturated rings. The first-order chi connectivity index (χ1) is 9.52. The van der Waals surface area contributed by atoms with E-state index in [2.05, 4.69) is 10.6 Å². The number of rotatable bonds is 7. The van der Waals surface area contributed by atoms with Gasteiger partial charge >= 0.3 is 0 Å². The summed E-state index contributed by atoms with van der Waals surface area (Å²) in [6.45, 7) is 4.10. The number of benzene rings is 1. The molecular formula is C15H20N2O3. The Bertz CT molecular complexity index is 480. The number of carbonyl (C=O) groups excluding carboxylic acids is 3. The highest BCUT2D eigenvalue weighted by molar-refractivity contribution is 6.03. The molecule has 0 aliphatic rings. The number of ketones is 1. The smallest absolute Gasteiger partial charge is 0.233 e. The van der Waals surface area contributed by atoms with E-state index in [4.69, 9.17) is 0 Å². The van der Waals surface area contributed by atoms with Gasteiger partial charge in [0.1, 0.15) is 6.42 Å². The van der Waals surface area contributed by atoms with E-state index in [0.717, 1.165) is 12.8 Å². The van der Waals surface area contributed by atoms with Gasteiger partial charge in [0.05, 0.1) is 0 Å². The van der Waals surface area contributed by atoms with Gasteiger partial charge in [-0.3, -0.25) is 14.4 Å². The molecule has 0 aromatic heterocycles. The molecular weight excluding hydrogens is 256 g/mol. The zero-order valence-corrected chi connectivity index (χ0v) is 11.9. The van der Waals surface area contributed by atoms with Gasteiger partial charge in [0.25, 0.3) is 0 Å². The lowest BCUT2D eigenvalue weighted by Crippen LogP contribution is -2.28. The topological polar surface area (TPSA) is 75.3 Å². The van der Waals surface area contributed by atoms with Gasteiger partial charge in [0.15, 0.2) is 5.78 Å². The van der Waals surface area contributed by atoms with Gasteiger partial charge in [-0.2, -0.15) is 0 Å². The van der Waals surface area contributed by atoms with Crippen molar-refractivity contribution >= 4 is 23.3 Å². The van der Waals surface area contributed by atoms with Gasteiger partial charge in [-0.1, -0.05) is 13.3 Å². The summed E-state index contributed by atoms with van der Waals surface area (Å²) < 4.78 is 0. The van der Waals surface area contributed by atoms with Crippen LogP contribution in [0.3, 0.4) is 0 Å². The number of nitrogens with one attached hydrogen (secondary N) is 2. The highest BCUT2D eigenvalue weighted by atomic mass is 16.2. The summed E-state index contributed by atoms with van der Waals surface area (Å²) in [4.78, 5) is 34.2. The summed E-state index contributed by atoms with van der Waals surface area (Å²) in [5.74, 6) is -0.677. The molecule has 2 N–H and O–H groups in total. The SMILES string of the molecule is CCCCNC(=O)CC(=O)Nc1ccc(C(C)=O)cc1. The first-order valence-electron chi connectivity index (χ1n) is 6.70. The third-order valence-corrected chi connectivity index (χ3v) is 2.75. The Labute approximate surface area is 118 Å². The Morgan fingerprint density at radius 3 is 2.25 bits per heavy atom. The Kier molecular flexibility index (Phi) is 6.43. The Hall–Kier alpha value is -2.17. The van der Waals surface area contributed by atoms with Gasteiger partial charge in [0, 0.05) is 17.8 Å². The maximum absolute atomic E-state index is 11.6. The van der Waals surface area contributed by atoms with Crippen molar-refractivity contribution in [3.63, 3.8) is 0 Å². The third-order valence-electron chi connectivity index (χ3n) is 2.75. The van der Waals surface area contributed by atoms with Crippen LogP contribution in [0, 0.1) is 0 Å². The summed E-state index contributed by atoms with van der Waals surface area (Å²) in [6.07, 6.45) is 1.70. The van der Waals surface area contributed by atoms with E-state index in [-0.39, 0.29) is 24.0 Å². The lowest BCUT2D eigenvalue weighted by atomic mass is 10.1. The van der Waals surface area contributed by atoms with Crippen LogP contribution in [0.15, 0.2) is 24.3 Å². The van der Waals surface area contributed by atoms with Crippen molar-refractivity contribution in [2.45, 2.75) is 33.1 Å². The molecule has 0 heterocycles. The van der Waals surface area contributed by atoms with Crippen molar-refractivity contribution in [1.82, 2.24) is 5.32 Å². The minimum absolute atomic E-state index is 0.0295. The molecule has 20 heavy (non-hydrogen) atoms. The van der Waals surface area contributed by atoms with Crippen LogP contribution in [0.1, 0.15) is 43.5 Å². The molecule has 0 saturated heterocycles. The number of Topliss-reactive ketones (excluding diaryl/α,β-unsaturated/α-hetero) is 1. The molecule has 0 atom stereocenters. The number of anilines is 1. The predicted octanol–water partition coefficient (Wildman–Crippen LogP) is 2.13. The van der Waals surface area contributed by atoms with Gasteiger partial charge in [-0.05, 0) is 37.6 Å². The molecule has 108 valence electrons. The lowest BCUT2D eigenvalue weighted by molar-refractivity contribution is -0.126. The minimum atomic E-state index is -0.366. The van der Waals surface area contributed by atoms with Crippen molar-refractivity contribution in [2.75, 3.05) is 11.9 Å². The van der Waals surface area contributed by atoms with Crippen LogP contribution in [0.25, 0.3) is 0 Å². The first kappa shape index (κ1) is 15.9. The van der Waals surface area contributed by atoms with Crippen LogP contribution in [-0.4, -0.2) is 24.1 Å². The van der Waals surface area contributed by atoms with Crippen LogP contribution < -0.4 is 10.6 Å². The molecule has 0 radical (unpaired) electrons. The molecule has 5 nitrogen and oxygen atoms in total. The fraction of sp³-hybridized carbons (Fsp3) is 0.400. The Morgan fingerprint density at radius 2 is 1.70 bits per heavy atom. The van der Waals surface area contributed by atoms with Crippen molar-refractivity contribution in [3.8, 4) is 0 Å². The maximum atomic E-state index is 11.6. The molecule has 1 aromatic carbocycles. The largest absolute Gasteiger partial charge is 0.356 e. The van der Waals surface area contributed by atoms with Crippen molar-refractivity contribution in [1.29, 1.82) is 0 Å². The van der Waals surface area contributed by atoms with Gasteiger partial charge < -0.3 is 10.6 Å². The number of carbonyl (C=O) groups is 3. The van der Waals surface area contributed by atoms with Crippen LogP contribution in [0.2, 0.25) is 0 Å². The normalized spacial score (nSPS) is 9.90. The highest BCUT2D eigenvalue weighted by Gasteiger charge is 2.09. The molecule has 5 heteroatoms. The van der Waals surface area contributed by atoms with Crippen LogP contribution in [0.4, 0.5) is 5.69 Å². The van der Waals surface area contributed by atoms with Gasteiger partial charge in [0.2, 0.25) is 11.8 Å². The summed E-state index contributed by atoms with van der Waals surface area (Å²) in [5, 5.41) is 5.30. The lowest BCUT2D eigenvalue weighted by Gasteiger charge is -2.06. The Balaban J connectivity index is 2.42. The number of hydrogen-bond donors (Lipinski definition) is 2. The van der Waals surface area contributed by atoms with Gasteiger partial charge in [-0.15, -0.1) is 0 Å². The van der Waals surface area contributed by atoms with Crippen LogP contribution >= 0.6 is 0 Å². The summed E-state index contributed by atoms with van der Waals surface area (Å²) in [6, 6.07) is 6.56. The third kappa shape index (κ3) is 5.65. The number of unbranched alkanes of at least 4 members (excludes halogenated alkanes) is 1. The monoisotopic (exact) mass is 276 g/mol. The van der Waals surface area contributed by atoms with E-state index in [1.54, 1.807) is 24.3 Å². The zero-order valence-electron chi connectivity index (χ0n) is 11.9. The molecule has 0 bridgehead atoms. The van der Waals surface area contributed by atoms with Crippen LogP contribution in [-0.2, 0) is 9.59 Å². The zero-order chi connectivity index (χ0) is 15.0. The molecule has 1 aromatic rings. The molecule has 1 rings (SSSR count). The van der Waals surface area contributed by atoms with E-state index in [0.29, 0.717) is 17.8 Å². The number of amides is 2. The Morgan fingerprint density at radius 1 is 1.05 bits per heavy atom. The summed E-state index contributed by atoms with van der Waals surface area (Å²) in [7, 11) is 0. The van der Waals surface area contributed by atoms with E-state index in [9.17, 15) is 14.4 Å². The van der Waals surface area contributed by atoms with E-state index < -0.39 is 0 Å². The fourth-order valence-electron chi connectivity index (χ4n) is 1.61. The van der Waals surface area contributed by atoms with E-state index >= 15 is 0 Å².